The Balaban J connectivity index is 1.82. The smallest absolute Gasteiger partial charge is 0.232 e. The first-order chi connectivity index (χ1) is 16.7. The molecule has 0 bridgehead atoms. The van der Waals surface area contributed by atoms with Crippen molar-refractivity contribution in [1.82, 2.24) is 0 Å². The summed E-state index contributed by atoms with van der Waals surface area (Å²) in [6.07, 6.45) is 27.1. The first-order valence-electron chi connectivity index (χ1n) is 12.7. The molecule has 0 heterocycles. The number of amides is 1. The number of carbonyl (C=O) groups excluding carboxylic acids is 1. The molecule has 2 nitrogen and oxygen atoms in total. The van der Waals surface area contributed by atoms with E-state index in [4.69, 9.17) is 5.73 Å². The number of unbranched alkanes of at least 4 members (excludes halogenated alkanes) is 3. The zero-order valence-corrected chi connectivity index (χ0v) is 20.7. The Morgan fingerprint density at radius 3 is 1.56 bits per heavy atom. The highest BCUT2D eigenvalue weighted by Crippen LogP contribution is 2.36. The van der Waals surface area contributed by atoms with E-state index < -0.39 is 5.41 Å². The molecule has 0 aliphatic heterocycles. The molecule has 2 N–H and O–H groups in total. The van der Waals surface area contributed by atoms with Crippen LogP contribution >= 0.6 is 0 Å². The minimum absolute atomic E-state index is 0.305. The molecule has 0 saturated carbocycles. The SMILES string of the molecule is CCCCCC=CCC=CCC=CCC=CCCC(C(N)=O)(c1ccccc1)c1ccccc1. The van der Waals surface area contributed by atoms with Crippen molar-refractivity contribution in [3.8, 4) is 0 Å². The second kappa shape index (κ2) is 16.5. The van der Waals surface area contributed by atoms with Crippen LogP contribution in [0.2, 0.25) is 0 Å². The Bertz CT molecular complexity index is 882. The fourth-order valence-electron chi connectivity index (χ4n) is 4.17. The number of allylic oxidation sites excluding steroid dienone is 8. The van der Waals surface area contributed by atoms with Crippen LogP contribution in [0.4, 0.5) is 0 Å². The van der Waals surface area contributed by atoms with Gasteiger partial charge in [-0.3, -0.25) is 4.79 Å². The van der Waals surface area contributed by atoms with Gasteiger partial charge in [-0.1, -0.05) is 129 Å². The van der Waals surface area contributed by atoms with Crippen LogP contribution in [-0.2, 0) is 10.2 Å². The minimum Gasteiger partial charge on any atom is -0.369 e. The van der Waals surface area contributed by atoms with Gasteiger partial charge >= 0.3 is 0 Å². The second-order valence-corrected chi connectivity index (χ2v) is 8.63. The van der Waals surface area contributed by atoms with Crippen molar-refractivity contribution in [3.05, 3.63) is 120 Å². The predicted octanol–water partition coefficient (Wildman–Crippen LogP) is 8.21. The number of rotatable bonds is 16. The lowest BCUT2D eigenvalue weighted by atomic mass is 9.70. The van der Waals surface area contributed by atoms with Gasteiger partial charge in [-0.2, -0.15) is 0 Å². The maximum absolute atomic E-state index is 12.8. The van der Waals surface area contributed by atoms with Gasteiger partial charge in [0.05, 0.1) is 5.41 Å². The molecule has 0 saturated heterocycles. The van der Waals surface area contributed by atoms with E-state index in [1.165, 1.54) is 25.7 Å². The van der Waals surface area contributed by atoms with Crippen LogP contribution in [0.5, 0.6) is 0 Å². The van der Waals surface area contributed by atoms with Gasteiger partial charge in [-0.25, -0.2) is 0 Å². The average Bonchev–Trinajstić information content (AvgIpc) is 2.87. The van der Waals surface area contributed by atoms with Crippen molar-refractivity contribution < 1.29 is 4.79 Å². The van der Waals surface area contributed by atoms with Crippen molar-refractivity contribution in [2.24, 2.45) is 5.73 Å². The van der Waals surface area contributed by atoms with Crippen molar-refractivity contribution in [2.45, 2.75) is 70.1 Å². The predicted molar refractivity (Wildman–Crippen MR) is 147 cm³/mol. The number of primary amides is 1. The van der Waals surface area contributed by atoms with Crippen LogP contribution < -0.4 is 5.73 Å². The number of carbonyl (C=O) groups is 1. The Morgan fingerprint density at radius 2 is 1.12 bits per heavy atom. The third kappa shape index (κ3) is 9.02. The standard InChI is InChI=1S/C32H41NO/c1-2-3-4-5-6-7-8-9-10-11-12-13-14-15-16-23-28-32(31(33)34,29-24-19-17-20-25-29)30-26-21-18-22-27-30/h6-7,9-10,12-13,15-22,24-27H,2-5,8,11,14,23,28H2,1H3,(H2,33,34). The molecule has 180 valence electrons. The molecule has 0 aromatic heterocycles. The lowest BCUT2D eigenvalue weighted by Crippen LogP contribution is -2.42. The van der Waals surface area contributed by atoms with Crippen molar-refractivity contribution in [1.29, 1.82) is 0 Å². The van der Waals surface area contributed by atoms with E-state index in [0.717, 1.165) is 36.8 Å². The summed E-state index contributed by atoms with van der Waals surface area (Å²) in [5, 5.41) is 0. The maximum atomic E-state index is 12.8. The lowest BCUT2D eigenvalue weighted by molar-refractivity contribution is -0.122. The molecule has 2 aromatic rings. The summed E-state index contributed by atoms with van der Waals surface area (Å²) in [7, 11) is 0. The van der Waals surface area contributed by atoms with Gasteiger partial charge < -0.3 is 5.73 Å². The van der Waals surface area contributed by atoms with Crippen LogP contribution in [-0.4, -0.2) is 5.91 Å². The maximum Gasteiger partial charge on any atom is 0.232 e. The first-order valence-corrected chi connectivity index (χ1v) is 12.7. The van der Waals surface area contributed by atoms with E-state index in [-0.39, 0.29) is 5.91 Å². The van der Waals surface area contributed by atoms with Gasteiger partial charge in [0.1, 0.15) is 0 Å². The van der Waals surface area contributed by atoms with Gasteiger partial charge in [-0.05, 0) is 56.1 Å². The molecule has 0 aliphatic rings. The van der Waals surface area contributed by atoms with Crippen molar-refractivity contribution in [3.63, 3.8) is 0 Å². The highest BCUT2D eigenvalue weighted by molar-refractivity contribution is 5.90. The molecule has 2 rings (SSSR count). The summed E-state index contributed by atoms with van der Waals surface area (Å²) in [4.78, 5) is 12.8. The average molecular weight is 456 g/mol. The topological polar surface area (TPSA) is 43.1 Å². The number of hydrogen-bond acceptors (Lipinski definition) is 1. The van der Waals surface area contributed by atoms with E-state index in [1.807, 2.05) is 60.7 Å². The molecule has 0 fully saturated rings. The van der Waals surface area contributed by atoms with Crippen LogP contribution in [0.3, 0.4) is 0 Å². The molecular weight excluding hydrogens is 414 g/mol. The van der Waals surface area contributed by atoms with Crippen LogP contribution in [0.25, 0.3) is 0 Å². The largest absolute Gasteiger partial charge is 0.369 e. The Kier molecular flexibility index (Phi) is 13.1. The van der Waals surface area contributed by atoms with Gasteiger partial charge in [0.2, 0.25) is 5.91 Å². The second-order valence-electron chi connectivity index (χ2n) is 8.63. The molecule has 0 aliphatic carbocycles. The molecule has 0 radical (unpaired) electrons. The summed E-state index contributed by atoms with van der Waals surface area (Å²) in [6.45, 7) is 2.24. The quantitative estimate of drug-likeness (QED) is 0.201. The highest BCUT2D eigenvalue weighted by Gasteiger charge is 2.39. The van der Waals surface area contributed by atoms with E-state index in [0.29, 0.717) is 6.42 Å². The fourth-order valence-corrected chi connectivity index (χ4v) is 4.17. The lowest BCUT2D eigenvalue weighted by Gasteiger charge is -2.31. The molecular formula is C32H41NO. The summed E-state index contributed by atoms with van der Waals surface area (Å²) < 4.78 is 0. The Labute approximate surface area is 207 Å². The summed E-state index contributed by atoms with van der Waals surface area (Å²) in [6, 6.07) is 19.8. The Hall–Kier alpha value is -3.13. The van der Waals surface area contributed by atoms with E-state index in [9.17, 15) is 4.79 Å². The van der Waals surface area contributed by atoms with Crippen LogP contribution in [0.15, 0.2) is 109 Å². The molecule has 2 heteroatoms. The summed E-state index contributed by atoms with van der Waals surface area (Å²) in [5.74, 6) is -0.305. The third-order valence-corrected chi connectivity index (χ3v) is 6.10. The van der Waals surface area contributed by atoms with Crippen molar-refractivity contribution >= 4 is 5.91 Å². The van der Waals surface area contributed by atoms with Gasteiger partial charge in [0.25, 0.3) is 0 Å². The zero-order chi connectivity index (χ0) is 24.3. The monoisotopic (exact) mass is 455 g/mol. The van der Waals surface area contributed by atoms with Gasteiger partial charge in [-0.15, -0.1) is 0 Å². The summed E-state index contributed by atoms with van der Waals surface area (Å²) in [5.41, 5.74) is 7.09. The van der Waals surface area contributed by atoms with Gasteiger partial charge in [0.15, 0.2) is 0 Å². The minimum atomic E-state index is -0.821. The zero-order valence-electron chi connectivity index (χ0n) is 20.7. The molecule has 0 spiro atoms. The number of nitrogens with two attached hydrogens (primary N) is 1. The molecule has 2 aromatic carbocycles. The molecule has 34 heavy (non-hydrogen) atoms. The molecule has 1 amide bonds. The normalized spacial score (nSPS) is 12.5. The first kappa shape index (κ1) is 27.1. The van der Waals surface area contributed by atoms with E-state index >= 15 is 0 Å². The summed E-state index contributed by atoms with van der Waals surface area (Å²) >= 11 is 0. The molecule has 0 atom stereocenters. The van der Waals surface area contributed by atoms with Gasteiger partial charge in [0, 0.05) is 0 Å². The molecule has 0 unspecified atom stereocenters. The highest BCUT2D eigenvalue weighted by atomic mass is 16.1. The van der Waals surface area contributed by atoms with Crippen LogP contribution in [0.1, 0.15) is 75.8 Å². The third-order valence-electron chi connectivity index (χ3n) is 6.10. The Morgan fingerprint density at radius 1 is 0.676 bits per heavy atom. The number of benzene rings is 2. The van der Waals surface area contributed by atoms with Crippen LogP contribution in [0, 0.1) is 0 Å². The number of hydrogen-bond donors (Lipinski definition) is 1. The fraction of sp³-hybridized carbons (Fsp3) is 0.344. The van der Waals surface area contributed by atoms with E-state index in [1.54, 1.807) is 0 Å². The van der Waals surface area contributed by atoms with E-state index in [2.05, 4.69) is 55.5 Å². The van der Waals surface area contributed by atoms with Crippen molar-refractivity contribution in [2.75, 3.05) is 0 Å².